The first kappa shape index (κ1) is 22.9. The fourth-order valence-corrected chi connectivity index (χ4v) is 2.71. The van der Waals surface area contributed by atoms with Crippen LogP contribution in [0.25, 0.3) is 0 Å². The van der Waals surface area contributed by atoms with Gasteiger partial charge in [-0.2, -0.15) is 0 Å². The number of ether oxygens (including phenoxy) is 2. The molecule has 142 valence electrons. The minimum atomic E-state index is -0.152. The van der Waals surface area contributed by atoms with Gasteiger partial charge in [-0.1, -0.05) is 53.4 Å². The Morgan fingerprint density at radius 2 is 1.08 bits per heavy atom. The lowest BCUT2D eigenvalue weighted by Crippen LogP contribution is -2.10. The molecule has 0 aliphatic rings. The molecular weight excluding hydrogens is 304 g/mol. The van der Waals surface area contributed by atoms with Crippen LogP contribution in [0.1, 0.15) is 91.9 Å². The van der Waals surface area contributed by atoms with Crippen LogP contribution in [0.2, 0.25) is 0 Å². The van der Waals surface area contributed by atoms with Crippen molar-refractivity contribution in [1.82, 2.24) is 0 Å². The van der Waals surface area contributed by atoms with Crippen LogP contribution in [-0.2, 0) is 19.1 Å². The Labute approximate surface area is 148 Å². The van der Waals surface area contributed by atoms with Crippen molar-refractivity contribution in [2.24, 2.45) is 11.8 Å². The monoisotopic (exact) mass is 342 g/mol. The molecule has 24 heavy (non-hydrogen) atoms. The molecule has 2 unspecified atom stereocenters. The van der Waals surface area contributed by atoms with Crippen molar-refractivity contribution in [2.45, 2.75) is 91.9 Å². The van der Waals surface area contributed by atoms with Crippen LogP contribution in [0.4, 0.5) is 0 Å². The van der Waals surface area contributed by atoms with Crippen LogP contribution in [0.5, 0.6) is 0 Å². The van der Waals surface area contributed by atoms with Crippen molar-refractivity contribution in [3.05, 3.63) is 0 Å². The van der Waals surface area contributed by atoms with Gasteiger partial charge < -0.3 is 9.47 Å². The maximum absolute atomic E-state index is 11.6. The second-order valence-corrected chi connectivity index (χ2v) is 7.01. The standard InChI is InChI=1S/C20H38O4/c1-5-9-17(3)13-15-23-19(21)11-7-8-12-20(22)24-16-14-18(4)10-6-2/h17-18H,5-16H2,1-4H3. The van der Waals surface area contributed by atoms with Crippen LogP contribution in [-0.4, -0.2) is 25.2 Å². The molecule has 4 nitrogen and oxygen atoms in total. The van der Waals surface area contributed by atoms with Crippen molar-refractivity contribution in [3.63, 3.8) is 0 Å². The highest BCUT2D eigenvalue weighted by Gasteiger charge is 2.08. The molecule has 0 fully saturated rings. The smallest absolute Gasteiger partial charge is 0.305 e. The molecule has 0 aromatic carbocycles. The number of carbonyl (C=O) groups excluding carboxylic acids is 2. The summed E-state index contributed by atoms with van der Waals surface area (Å²) in [5.74, 6) is 0.913. The third-order valence-corrected chi connectivity index (χ3v) is 4.32. The van der Waals surface area contributed by atoms with Crippen molar-refractivity contribution in [1.29, 1.82) is 0 Å². The topological polar surface area (TPSA) is 52.6 Å². The Hall–Kier alpha value is -1.06. The molecule has 0 amide bonds. The number of carbonyl (C=O) groups is 2. The summed E-state index contributed by atoms with van der Waals surface area (Å²) >= 11 is 0. The molecule has 0 aromatic heterocycles. The van der Waals surface area contributed by atoms with E-state index in [9.17, 15) is 9.59 Å². The second-order valence-electron chi connectivity index (χ2n) is 7.01. The van der Waals surface area contributed by atoms with Gasteiger partial charge in [0.15, 0.2) is 0 Å². The molecule has 0 saturated heterocycles. The van der Waals surface area contributed by atoms with Gasteiger partial charge in [-0.15, -0.1) is 0 Å². The lowest BCUT2D eigenvalue weighted by atomic mass is 10.0. The number of hydrogen-bond donors (Lipinski definition) is 0. The summed E-state index contributed by atoms with van der Waals surface area (Å²) in [6, 6.07) is 0. The van der Waals surface area contributed by atoms with Crippen LogP contribution in [0, 0.1) is 11.8 Å². The van der Waals surface area contributed by atoms with Gasteiger partial charge in [-0.05, 0) is 37.5 Å². The van der Waals surface area contributed by atoms with Gasteiger partial charge in [0.05, 0.1) is 13.2 Å². The molecule has 0 heterocycles. The number of unbranched alkanes of at least 4 members (excludes halogenated alkanes) is 1. The van der Waals surface area contributed by atoms with E-state index >= 15 is 0 Å². The normalized spacial score (nSPS) is 13.3. The average molecular weight is 343 g/mol. The summed E-state index contributed by atoms with van der Waals surface area (Å²) in [5.41, 5.74) is 0. The molecule has 0 aliphatic carbocycles. The summed E-state index contributed by atoms with van der Waals surface area (Å²) < 4.78 is 10.5. The van der Waals surface area contributed by atoms with Crippen LogP contribution in [0.15, 0.2) is 0 Å². The first-order chi connectivity index (χ1) is 11.5. The van der Waals surface area contributed by atoms with Gasteiger partial charge >= 0.3 is 11.9 Å². The van der Waals surface area contributed by atoms with E-state index in [-0.39, 0.29) is 11.9 Å². The zero-order valence-corrected chi connectivity index (χ0v) is 16.3. The highest BCUT2D eigenvalue weighted by molar-refractivity contribution is 5.70. The molecule has 4 heteroatoms. The zero-order valence-electron chi connectivity index (χ0n) is 16.3. The van der Waals surface area contributed by atoms with Crippen molar-refractivity contribution >= 4 is 11.9 Å². The summed E-state index contributed by atoms with van der Waals surface area (Å²) in [4.78, 5) is 23.2. The molecule has 0 aliphatic heterocycles. The first-order valence-electron chi connectivity index (χ1n) is 9.80. The Morgan fingerprint density at radius 3 is 1.42 bits per heavy atom. The van der Waals surface area contributed by atoms with E-state index in [1.807, 2.05) is 0 Å². The van der Waals surface area contributed by atoms with Gasteiger partial charge in [-0.25, -0.2) is 0 Å². The molecule has 0 spiro atoms. The average Bonchev–Trinajstić information content (AvgIpc) is 2.52. The maximum Gasteiger partial charge on any atom is 0.305 e. The molecule has 0 aromatic rings. The van der Waals surface area contributed by atoms with Gasteiger partial charge in [-0.3, -0.25) is 9.59 Å². The van der Waals surface area contributed by atoms with E-state index in [0.717, 1.165) is 12.8 Å². The van der Waals surface area contributed by atoms with E-state index in [1.165, 1.54) is 25.7 Å². The number of rotatable bonds is 15. The minimum Gasteiger partial charge on any atom is -0.466 e. The third kappa shape index (κ3) is 14.5. The van der Waals surface area contributed by atoms with Crippen molar-refractivity contribution in [2.75, 3.05) is 13.2 Å². The summed E-state index contributed by atoms with van der Waals surface area (Å²) in [6.45, 7) is 9.73. The molecule has 0 radical (unpaired) electrons. The van der Waals surface area contributed by atoms with Crippen molar-refractivity contribution in [3.8, 4) is 0 Å². The van der Waals surface area contributed by atoms with Crippen LogP contribution in [0.3, 0.4) is 0 Å². The van der Waals surface area contributed by atoms with Crippen LogP contribution < -0.4 is 0 Å². The maximum atomic E-state index is 11.6. The Balaban J connectivity index is 3.50. The van der Waals surface area contributed by atoms with E-state index in [0.29, 0.717) is 50.7 Å². The quantitative estimate of drug-likeness (QED) is 0.300. The van der Waals surface area contributed by atoms with Gasteiger partial charge in [0, 0.05) is 12.8 Å². The summed E-state index contributed by atoms with van der Waals surface area (Å²) in [6.07, 6.45) is 8.71. The van der Waals surface area contributed by atoms with Gasteiger partial charge in [0.1, 0.15) is 0 Å². The summed E-state index contributed by atoms with van der Waals surface area (Å²) in [7, 11) is 0. The van der Waals surface area contributed by atoms with E-state index in [4.69, 9.17) is 9.47 Å². The fraction of sp³-hybridized carbons (Fsp3) is 0.900. The highest BCUT2D eigenvalue weighted by Crippen LogP contribution is 2.11. The lowest BCUT2D eigenvalue weighted by Gasteiger charge is -2.11. The number of esters is 2. The molecule has 0 saturated carbocycles. The van der Waals surface area contributed by atoms with Gasteiger partial charge in [0.2, 0.25) is 0 Å². The SMILES string of the molecule is CCCC(C)CCOC(=O)CCCCC(=O)OCCC(C)CCC. The highest BCUT2D eigenvalue weighted by atomic mass is 16.5. The molecular formula is C20H38O4. The Morgan fingerprint density at radius 1 is 0.708 bits per heavy atom. The molecule has 0 N–H and O–H groups in total. The Kier molecular flexibility index (Phi) is 14.8. The predicted octanol–water partition coefficient (Wildman–Crippen LogP) is 5.29. The summed E-state index contributed by atoms with van der Waals surface area (Å²) in [5, 5.41) is 0. The minimum absolute atomic E-state index is 0.152. The van der Waals surface area contributed by atoms with Crippen LogP contribution >= 0.6 is 0 Å². The van der Waals surface area contributed by atoms with E-state index in [2.05, 4.69) is 27.7 Å². The first-order valence-corrected chi connectivity index (χ1v) is 9.80. The fourth-order valence-electron chi connectivity index (χ4n) is 2.71. The Bertz CT molecular complexity index is 296. The van der Waals surface area contributed by atoms with E-state index < -0.39 is 0 Å². The lowest BCUT2D eigenvalue weighted by molar-refractivity contribution is -0.146. The van der Waals surface area contributed by atoms with Gasteiger partial charge in [0.25, 0.3) is 0 Å². The molecule has 0 bridgehead atoms. The zero-order chi connectivity index (χ0) is 18.2. The largest absolute Gasteiger partial charge is 0.466 e. The van der Waals surface area contributed by atoms with E-state index in [1.54, 1.807) is 0 Å². The number of hydrogen-bond acceptors (Lipinski definition) is 4. The molecule has 2 atom stereocenters. The van der Waals surface area contributed by atoms with Crippen molar-refractivity contribution < 1.29 is 19.1 Å². The second kappa shape index (κ2) is 15.5. The third-order valence-electron chi connectivity index (χ3n) is 4.32. The molecule has 0 rings (SSSR count). The predicted molar refractivity (Wildman–Crippen MR) is 97.8 cm³/mol.